The molecule has 5 heteroatoms. The second-order valence-electron chi connectivity index (χ2n) is 3.57. The first-order valence-corrected chi connectivity index (χ1v) is 5.90. The van der Waals surface area contributed by atoms with Crippen LogP contribution in [-0.4, -0.2) is 11.5 Å². The van der Waals surface area contributed by atoms with Gasteiger partial charge in [-0.2, -0.15) is 4.98 Å². The predicted molar refractivity (Wildman–Crippen MR) is 69.9 cm³/mol. The third-order valence-corrected chi connectivity index (χ3v) is 2.50. The molecule has 0 bridgehead atoms. The molecule has 1 heterocycles. The molecule has 0 aliphatic heterocycles. The van der Waals surface area contributed by atoms with Crippen LogP contribution in [0.1, 0.15) is 6.92 Å². The Balaban J connectivity index is 2.17. The van der Waals surface area contributed by atoms with E-state index in [1.54, 1.807) is 12.1 Å². The second kappa shape index (κ2) is 5.69. The van der Waals surface area contributed by atoms with Crippen LogP contribution in [0.15, 0.2) is 36.4 Å². The summed E-state index contributed by atoms with van der Waals surface area (Å²) in [6.45, 7) is 2.75. The zero-order valence-corrected chi connectivity index (χ0v) is 10.5. The number of rotatable bonds is 4. The summed E-state index contributed by atoms with van der Waals surface area (Å²) in [6, 6.07) is 9.61. The number of aromatic nitrogens is 1. The third-order valence-electron chi connectivity index (χ3n) is 2.19. The largest absolute Gasteiger partial charge is 0.439 e. The van der Waals surface area contributed by atoms with Crippen molar-refractivity contribution in [1.29, 1.82) is 0 Å². The van der Waals surface area contributed by atoms with Gasteiger partial charge in [0, 0.05) is 18.7 Å². The molecule has 94 valence electrons. The Morgan fingerprint density at radius 1 is 1.33 bits per heavy atom. The maximum atomic E-state index is 13.2. The van der Waals surface area contributed by atoms with Crippen LogP contribution in [0.3, 0.4) is 0 Å². The highest BCUT2D eigenvalue weighted by atomic mass is 35.5. The molecule has 0 fully saturated rings. The minimum Gasteiger partial charge on any atom is -0.439 e. The molecule has 0 atom stereocenters. The number of nitrogens with zero attached hydrogens (tertiary/aromatic N) is 1. The maximum Gasteiger partial charge on any atom is 0.221 e. The fourth-order valence-electron chi connectivity index (χ4n) is 1.41. The summed E-state index contributed by atoms with van der Waals surface area (Å²) in [4.78, 5) is 4.22. The normalized spacial score (nSPS) is 10.2. The van der Waals surface area contributed by atoms with Gasteiger partial charge in [0.25, 0.3) is 0 Å². The molecule has 0 radical (unpaired) electrons. The monoisotopic (exact) mass is 266 g/mol. The minimum atomic E-state index is -0.517. The Morgan fingerprint density at radius 3 is 2.89 bits per heavy atom. The molecule has 2 rings (SSSR count). The molecule has 0 saturated carbocycles. The molecule has 0 amide bonds. The zero-order valence-electron chi connectivity index (χ0n) is 9.78. The Kier molecular flexibility index (Phi) is 3.99. The fraction of sp³-hybridized carbons (Fsp3) is 0.154. The van der Waals surface area contributed by atoms with Crippen LogP contribution in [-0.2, 0) is 0 Å². The van der Waals surface area contributed by atoms with Crippen molar-refractivity contribution in [2.45, 2.75) is 6.92 Å². The van der Waals surface area contributed by atoms with Crippen LogP contribution in [0.5, 0.6) is 11.6 Å². The van der Waals surface area contributed by atoms with Crippen LogP contribution in [0.4, 0.5) is 10.2 Å². The molecule has 0 spiro atoms. The van der Waals surface area contributed by atoms with Crippen LogP contribution in [0.25, 0.3) is 0 Å². The fourth-order valence-corrected chi connectivity index (χ4v) is 1.53. The van der Waals surface area contributed by atoms with E-state index >= 15 is 0 Å². The Hall–Kier alpha value is -1.81. The van der Waals surface area contributed by atoms with E-state index < -0.39 is 5.82 Å². The van der Waals surface area contributed by atoms with Crippen molar-refractivity contribution in [3.8, 4) is 11.6 Å². The number of benzene rings is 1. The van der Waals surface area contributed by atoms with Crippen molar-refractivity contribution in [1.82, 2.24) is 4.98 Å². The number of pyridine rings is 1. The van der Waals surface area contributed by atoms with Crippen molar-refractivity contribution in [3.63, 3.8) is 0 Å². The van der Waals surface area contributed by atoms with Gasteiger partial charge in [0.05, 0.1) is 5.02 Å². The van der Waals surface area contributed by atoms with Crippen LogP contribution >= 0.6 is 11.6 Å². The first kappa shape index (κ1) is 12.6. The Labute approximate surface area is 110 Å². The molecule has 1 aromatic carbocycles. The summed E-state index contributed by atoms with van der Waals surface area (Å²) in [6.07, 6.45) is 0. The Bertz CT molecular complexity index is 548. The smallest absolute Gasteiger partial charge is 0.221 e. The van der Waals surface area contributed by atoms with Crippen LogP contribution < -0.4 is 10.1 Å². The van der Waals surface area contributed by atoms with Gasteiger partial charge in [-0.15, -0.1) is 0 Å². The highest BCUT2D eigenvalue weighted by Crippen LogP contribution is 2.24. The van der Waals surface area contributed by atoms with E-state index in [9.17, 15) is 4.39 Å². The minimum absolute atomic E-state index is 0.0664. The lowest BCUT2D eigenvalue weighted by molar-refractivity contribution is 0.459. The van der Waals surface area contributed by atoms with Gasteiger partial charge in [0.1, 0.15) is 17.4 Å². The van der Waals surface area contributed by atoms with Crippen molar-refractivity contribution in [2.75, 3.05) is 11.9 Å². The first-order chi connectivity index (χ1) is 8.69. The summed E-state index contributed by atoms with van der Waals surface area (Å²) in [5.41, 5.74) is 0. The molecule has 0 aliphatic carbocycles. The predicted octanol–water partition coefficient (Wildman–Crippen LogP) is 4.10. The molecule has 0 unspecified atom stereocenters. The molecule has 3 nitrogen and oxygen atoms in total. The van der Waals surface area contributed by atoms with Crippen molar-refractivity contribution >= 4 is 17.4 Å². The highest BCUT2D eigenvalue weighted by Gasteiger charge is 2.04. The summed E-state index contributed by atoms with van der Waals surface area (Å²) < 4.78 is 18.7. The molecule has 0 aliphatic rings. The standard InChI is InChI=1S/C13H12ClFN2O/c1-2-16-12-4-3-5-13(17-12)18-9-6-7-10(14)11(15)8-9/h3-8H,2H2,1H3,(H,16,17). The van der Waals surface area contributed by atoms with E-state index in [-0.39, 0.29) is 5.02 Å². The molecule has 2 aromatic rings. The van der Waals surface area contributed by atoms with E-state index in [2.05, 4.69) is 10.3 Å². The molecule has 0 saturated heterocycles. The third kappa shape index (κ3) is 3.11. The lowest BCUT2D eigenvalue weighted by Gasteiger charge is -2.07. The Morgan fingerprint density at radius 2 is 2.17 bits per heavy atom. The van der Waals surface area contributed by atoms with Gasteiger partial charge in [-0.3, -0.25) is 0 Å². The number of nitrogens with one attached hydrogen (secondary N) is 1. The molecular formula is C13H12ClFN2O. The molecule has 1 aromatic heterocycles. The second-order valence-corrected chi connectivity index (χ2v) is 3.98. The van der Waals surface area contributed by atoms with Crippen molar-refractivity contribution < 1.29 is 9.13 Å². The summed E-state index contributed by atoms with van der Waals surface area (Å²) >= 11 is 5.59. The van der Waals surface area contributed by atoms with Gasteiger partial charge in [-0.25, -0.2) is 4.39 Å². The van der Waals surface area contributed by atoms with Gasteiger partial charge in [-0.1, -0.05) is 17.7 Å². The van der Waals surface area contributed by atoms with Gasteiger partial charge in [-0.05, 0) is 25.1 Å². The lowest BCUT2D eigenvalue weighted by atomic mass is 10.3. The van der Waals surface area contributed by atoms with Gasteiger partial charge >= 0.3 is 0 Å². The van der Waals surface area contributed by atoms with Crippen molar-refractivity contribution in [3.05, 3.63) is 47.2 Å². The van der Waals surface area contributed by atoms with E-state index in [0.29, 0.717) is 17.4 Å². The number of ether oxygens (including phenoxy) is 1. The molecule has 18 heavy (non-hydrogen) atoms. The topological polar surface area (TPSA) is 34.1 Å². The van der Waals surface area contributed by atoms with Crippen LogP contribution in [0, 0.1) is 5.82 Å². The highest BCUT2D eigenvalue weighted by molar-refractivity contribution is 6.30. The van der Waals surface area contributed by atoms with E-state index in [0.717, 1.165) is 6.54 Å². The molecular weight excluding hydrogens is 255 g/mol. The number of hydrogen-bond donors (Lipinski definition) is 1. The average molecular weight is 267 g/mol. The summed E-state index contributed by atoms with van der Waals surface area (Å²) in [7, 11) is 0. The van der Waals surface area contributed by atoms with E-state index in [1.807, 2.05) is 19.1 Å². The first-order valence-electron chi connectivity index (χ1n) is 5.53. The summed E-state index contributed by atoms with van der Waals surface area (Å²) in [5.74, 6) is 0.953. The van der Waals surface area contributed by atoms with Gasteiger partial charge in [0.2, 0.25) is 5.88 Å². The van der Waals surface area contributed by atoms with E-state index in [1.165, 1.54) is 12.1 Å². The number of anilines is 1. The summed E-state index contributed by atoms with van der Waals surface area (Å²) in [5, 5.41) is 3.13. The average Bonchev–Trinajstić information content (AvgIpc) is 2.35. The zero-order chi connectivity index (χ0) is 13.0. The molecule has 1 N–H and O–H groups in total. The lowest BCUT2D eigenvalue weighted by Crippen LogP contribution is -1.99. The van der Waals surface area contributed by atoms with E-state index in [4.69, 9.17) is 16.3 Å². The number of halogens is 2. The SMILES string of the molecule is CCNc1cccc(Oc2ccc(Cl)c(F)c2)n1. The quantitative estimate of drug-likeness (QED) is 0.905. The maximum absolute atomic E-state index is 13.2. The van der Waals surface area contributed by atoms with Crippen molar-refractivity contribution in [2.24, 2.45) is 0 Å². The van der Waals surface area contributed by atoms with Gasteiger partial charge in [0.15, 0.2) is 0 Å². The van der Waals surface area contributed by atoms with Crippen LogP contribution in [0.2, 0.25) is 5.02 Å². The number of hydrogen-bond acceptors (Lipinski definition) is 3. The van der Waals surface area contributed by atoms with Gasteiger partial charge < -0.3 is 10.1 Å².